The zero-order valence-corrected chi connectivity index (χ0v) is 13.0. The molecule has 0 atom stereocenters. The molecule has 1 aliphatic rings. The molecule has 0 fully saturated rings. The summed E-state index contributed by atoms with van der Waals surface area (Å²) >= 11 is 0. The Balaban J connectivity index is 1.65. The normalized spacial score (nSPS) is 14.2. The van der Waals surface area contributed by atoms with Crippen LogP contribution in [0.25, 0.3) is 0 Å². The predicted molar refractivity (Wildman–Crippen MR) is 81.7 cm³/mol. The molecule has 5 heteroatoms. The van der Waals surface area contributed by atoms with E-state index in [4.69, 9.17) is 9.26 Å². The van der Waals surface area contributed by atoms with E-state index in [0.29, 0.717) is 32.5 Å². The maximum absolute atomic E-state index is 12.5. The summed E-state index contributed by atoms with van der Waals surface area (Å²) in [5, 5.41) is 3.93. The number of benzene rings is 1. The molecule has 2 aromatic rings. The summed E-state index contributed by atoms with van der Waals surface area (Å²) < 4.78 is 10.8. The standard InChI is InChI=1S/C17H20N2O3/c1-12-15(13(2)22-18-12)7-8-17(20)19-9-10-21-16-6-4-3-5-14(16)11-19/h3-6H,7-11H2,1-2H3. The number of rotatable bonds is 3. The third kappa shape index (κ3) is 2.98. The summed E-state index contributed by atoms with van der Waals surface area (Å²) in [6, 6.07) is 7.89. The lowest BCUT2D eigenvalue weighted by molar-refractivity contribution is -0.131. The fourth-order valence-electron chi connectivity index (χ4n) is 2.79. The van der Waals surface area contributed by atoms with Crippen molar-refractivity contribution >= 4 is 5.91 Å². The zero-order valence-electron chi connectivity index (χ0n) is 13.0. The van der Waals surface area contributed by atoms with E-state index in [1.54, 1.807) is 0 Å². The number of ether oxygens (including phenoxy) is 1. The molecule has 3 rings (SSSR count). The highest BCUT2D eigenvalue weighted by Gasteiger charge is 2.20. The Labute approximate surface area is 129 Å². The fourth-order valence-corrected chi connectivity index (χ4v) is 2.79. The molecule has 1 aliphatic heterocycles. The second-order valence-corrected chi connectivity index (χ2v) is 5.57. The molecule has 0 radical (unpaired) electrons. The molecule has 0 N–H and O–H groups in total. The maximum atomic E-state index is 12.5. The van der Waals surface area contributed by atoms with Crippen LogP contribution in [0.4, 0.5) is 0 Å². The van der Waals surface area contributed by atoms with Gasteiger partial charge in [0.25, 0.3) is 0 Å². The average Bonchev–Trinajstić information content (AvgIpc) is 2.74. The van der Waals surface area contributed by atoms with Gasteiger partial charge < -0.3 is 14.2 Å². The Morgan fingerprint density at radius 3 is 2.91 bits per heavy atom. The minimum absolute atomic E-state index is 0.139. The van der Waals surface area contributed by atoms with E-state index in [1.807, 2.05) is 43.0 Å². The largest absolute Gasteiger partial charge is 0.491 e. The van der Waals surface area contributed by atoms with Crippen molar-refractivity contribution in [3.05, 3.63) is 46.8 Å². The third-order valence-electron chi connectivity index (χ3n) is 4.08. The number of para-hydroxylation sites is 1. The number of nitrogens with zero attached hydrogens (tertiary/aromatic N) is 2. The van der Waals surface area contributed by atoms with Crippen LogP contribution in [0.2, 0.25) is 0 Å². The first-order chi connectivity index (χ1) is 10.6. The lowest BCUT2D eigenvalue weighted by Gasteiger charge is -2.19. The molecule has 1 amide bonds. The van der Waals surface area contributed by atoms with Gasteiger partial charge in [-0.3, -0.25) is 4.79 Å². The first kappa shape index (κ1) is 14.6. The molecule has 0 spiro atoms. The number of aryl methyl sites for hydroxylation is 2. The van der Waals surface area contributed by atoms with Crippen molar-refractivity contribution in [2.24, 2.45) is 0 Å². The van der Waals surface area contributed by atoms with Crippen molar-refractivity contribution in [2.45, 2.75) is 33.2 Å². The topological polar surface area (TPSA) is 55.6 Å². The Morgan fingerprint density at radius 1 is 1.32 bits per heavy atom. The highest BCUT2D eigenvalue weighted by Crippen LogP contribution is 2.23. The predicted octanol–water partition coefficient (Wildman–Crippen LogP) is 2.65. The Kier molecular flexibility index (Phi) is 4.13. The van der Waals surface area contributed by atoms with Gasteiger partial charge in [-0.1, -0.05) is 23.4 Å². The zero-order chi connectivity index (χ0) is 15.5. The number of hydrogen-bond donors (Lipinski definition) is 0. The van der Waals surface area contributed by atoms with Crippen LogP contribution >= 0.6 is 0 Å². The first-order valence-electron chi connectivity index (χ1n) is 7.55. The SMILES string of the molecule is Cc1noc(C)c1CCC(=O)N1CCOc2ccccc2C1. The molecule has 1 aromatic carbocycles. The summed E-state index contributed by atoms with van der Waals surface area (Å²) in [6.07, 6.45) is 1.13. The monoisotopic (exact) mass is 300 g/mol. The van der Waals surface area contributed by atoms with Crippen LogP contribution < -0.4 is 4.74 Å². The maximum Gasteiger partial charge on any atom is 0.223 e. The molecule has 116 valence electrons. The molecule has 0 unspecified atom stereocenters. The van der Waals surface area contributed by atoms with Gasteiger partial charge in [0.2, 0.25) is 5.91 Å². The number of hydrogen-bond acceptors (Lipinski definition) is 4. The number of aromatic nitrogens is 1. The van der Waals surface area contributed by atoms with Crippen molar-refractivity contribution in [1.82, 2.24) is 10.1 Å². The van der Waals surface area contributed by atoms with E-state index in [2.05, 4.69) is 5.16 Å². The Hall–Kier alpha value is -2.30. The summed E-state index contributed by atoms with van der Waals surface area (Å²) in [5.74, 6) is 1.82. The summed E-state index contributed by atoms with van der Waals surface area (Å²) in [7, 11) is 0. The molecule has 1 aromatic heterocycles. The van der Waals surface area contributed by atoms with E-state index < -0.39 is 0 Å². The van der Waals surface area contributed by atoms with Gasteiger partial charge in [-0.25, -0.2) is 0 Å². The van der Waals surface area contributed by atoms with Crippen LogP contribution in [0.1, 0.15) is 29.0 Å². The van der Waals surface area contributed by atoms with Crippen molar-refractivity contribution in [1.29, 1.82) is 0 Å². The van der Waals surface area contributed by atoms with E-state index in [-0.39, 0.29) is 5.91 Å². The van der Waals surface area contributed by atoms with Gasteiger partial charge in [0.05, 0.1) is 12.2 Å². The molecule has 22 heavy (non-hydrogen) atoms. The van der Waals surface area contributed by atoms with E-state index in [0.717, 1.165) is 28.3 Å². The number of fused-ring (bicyclic) bond motifs is 1. The number of carbonyl (C=O) groups excluding carboxylic acids is 1. The summed E-state index contributed by atoms with van der Waals surface area (Å²) in [4.78, 5) is 14.4. The smallest absolute Gasteiger partial charge is 0.223 e. The molecule has 0 saturated carbocycles. The number of amides is 1. The molecular formula is C17H20N2O3. The number of carbonyl (C=O) groups is 1. The van der Waals surface area contributed by atoms with Gasteiger partial charge >= 0.3 is 0 Å². The molecule has 0 bridgehead atoms. The van der Waals surface area contributed by atoms with Gasteiger partial charge in [-0.15, -0.1) is 0 Å². The second-order valence-electron chi connectivity index (χ2n) is 5.57. The fraction of sp³-hybridized carbons (Fsp3) is 0.412. The second kappa shape index (κ2) is 6.22. The molecule has 2 heterocycles. The average molecular weight is 300 g/mol. The summed E-state index contributed by atoms with van der Waals surface area (Å²) in [5.41, 5.74) is 2.97. The van der Waals surface area contributed by atoms with Crippen molar-refractivity contribution in [3.8, 4) is 5.75 Å². The molecule has 5 nitrogen and oxygen atoms in total. The van der Waals surface area contributed by atoms with Crippen molar-refractivity contribution in [2.75, 3.05) is 13.2 Å². The quantitative estimate of drug-likeness (QED) is 0.874. The Morgan fingerprint density at radius 2 is 2.14 bits per heavy atom. The first-order valence-corrected chi connectivity index (χ1v) is 7.55. The molecule has 0 aliphatic carbocycles. The Bertz CT molecular complexity index is 659. The molecular weight excluding hydrogens is 280 g/mol. The highest BCUT2D eigenvalue weighted by atomic mass is 16.5. The van der Waals surface area contributed by atoms with Crippen LogP contribution in [0.5, 0.6) is 5.75 Å². The van der Waals surface area contributed by atoms with Gasteiger partial charge in [0.1, 0.15) is 18.1 Å². The summed E-state index contributed by atoms with van der Waals surface area (Å²) in [6.45, 7) is 5.56. The third-order valence-corrected chi connectivity index (χ3v) is 4.08. The van der Waals surface area contributed by atoms with Crippen LogP contribution in [-0.4, -0.2) is 29.1 Å². The minimum Gasteiger partial charge on any atom is -0.491 e. The van der Waals surface area contributed by atoms with E-state index >= 15 is 0 Å². The van der Waals surface area contributed by atoms with Crippen molar-refractivity contribution in [3.63, 3.8) is 0 Å². The van der Waals surface area contributed by atoms with Gasteiger partial charge in [-0.05, 0) is 26.3 Å². The van der Waals surface area contributed by atoms with Crippen LogP contribution in [-0.2, 0) is 17.8 Å². The van der Waals surface area contributed by atoms with Crippen molar-refractivity contribution < 1.29 is 14.1 Å². The van der Waals surface area contributed by atoms with Crippen LogP contribution in [0.15, 0.2) is 28.8 Å². The van der Waals surface area contributed by atoms with Crippen LogP contribution in [0.3, 0.4) is 0 Å². The van der Waals surface area contributed by atoms with E-state index in [9.17, 15) is 4.79 Å². The minimum atomic E-state index is 0.139. The van der Waals surface area contributed by atoms with E-state index in [1.165, 1.54) is 0 Å². The lowest BCUT2D eigenvalue weighted by atomic mass is 10.1. The molecule has 0 saturated heterocycles. The lowest BCUT2D eigenvalue weighted by Crippen LogP contribution is -2.32. The highest BCUT2D eigenvalue weighted by molar-refractivity contribution is 5.76. The van der Waals surface area contributed by atoms with Gasteiger partial charge in [0, 0.05) is 24.1 Å². The van der Waals surface area contributed by atoms with Crippen LogP contribution in [0, 0.1) is 13.8 Å². The van der Waals surface area contributed by atoms with Gasteiger partial charge in [0.15, 0.2) is 0 Å². The van der Waals surface area contributed by atoms with Gasteiger partial charge in [-0.2, -0.15) is 0 Å².